The number of aromatic nitrogens is 3. The second-order valence-corrected chi connectivity index (χ2v) is 8.31. The van der Waals surface area contributed by atoms with Gasteiger partial charge in [0.15, 0.2) is 5.82 Å². The first kappa shape index (κ1) is 17.4. The summed E-state index contributed by atoms with van der Waals surface area (Å²) < 4.78 is 1.55. The summed E-state index contributed by atoms with van der Waals surface area (Å²) in [5.41, 5.74) is 0. The van der Waals surface area contributed by atoms with Crippen molar-refractivity contribution in [2.45, 2.75) is 26.3 Å². The van der Waals surface area contributed by atoms with Gasteiger partial charge in [-0.25, -0.2) is 4.98 Å². The van der Waals surface area contributed by atoms with E-state index in [2.05, 4.69) is 26.4 Å². The first-order valence-corrected chi connectivity index (χ1v) is 10.4. The summed E-state index contributed by atoms with van der Waals surface area (Å²) >= 11 is 3.17. The molecule has 26 heavy (non-hydrogen) atoms. The van der Waals surface area contributed by atoms with Crippen LogP contribution in [0.5, 0.6) is 5.88 Å². The van der Waals surface area contributed by atoms with Crippen LogP contribution in [0.25, 0.3) is 4.96 Å². The van der Waals surface area contributed by atoms with Gasteiger partial charge in [0, 0.05) is 44.4 Å². The highest BCUT2D eigenvalue weighted by atomic mass is 32.1. The number of carbonyl (C=O) groups is 1. The molecule has 0 radical (unpaired) electrons. The Morgan fingerprint density at radius 1 is 1.35 bits per heavy atom. The van der Waals surface area contributed by atoms with E-state index in [4.69, 9.17) is 0 Å². The molecule has 0 aliphatic carbocycles. The van der Waals surface area contributed by atoms with E-state index in [1.165, 1.54) is 16.2 Å². The lowest BCUT2D eigenvalue weighted by atomic mass is 10.1. The monoisotopic (exact) mass is 391 g/mol. The van der Waals surface area contributed by atoms with Gasteiger partial charge < -0.3 is 10.0 Å². The smallest absolute Gasteiger partial charge is 0.230 e. The highest BCUT2D eigenvalue weighted by molar-refractivity contribution is 7.17. The van der Waals surface area contributed by atoms with Gasteiger partial charge in [0.2, 0.25) is 16.7 Å². The number of piperazine rings is 1. The summed E-state index contributed by atoms with van der Waals surface area (Å²) in [5.74, 6) is 1.02. The predicted octanol–water partition coefficient (Wildman–Crippen LogP) is 2.37. The minimum Gasteiger partial charge on any atom is -0.492 e. The Morgan fingerprint density at radius 2 is 2.12 bits per heavy atom. The molecule has 1 aliphatic heterocycles. The zero-order valence-corrected chi connectivity index (χ0v) is 16.4. The van der Waals surface area contributed by atoms with E-state index in [0.29, 0.717) is 13.1 Å². The van der Waals surface area contributed by atoms with Gasteiger partial charge in [-0.2, -0.15) is 4.52 Å². The number of amides is 1. The van der Waals surface area contributed by atoms with Crippen LogP contribution in [0.1, 0.15) is 35.5 Å². The third-order valence-corrected chi connectivity index (χ3v) is 6.74. The number of thiazole rings is 1. The number of fused-ring (bicyclic) bond motifs is 1. The largest absolute Gasteiger partial charge is 0.492 e. The van der Waals surface area contributed by atoms with Crippen LogP contribution in [-0.4, -0.2) is 61.6 Å². The lowest BCUT2D eigenvalue weighted by Crippen LogP contribution is -2.49. The lowest BCUT2D eigenvalue weighted by Gasteiger charge is -2.38. The fraction of sp³-hybridized carbons (Fsp3) is 0.471. The number of carbonyl (C=O) groups excluding carboxylic acids is 1. The Labute approximate surface area is 159 Å². The molecule has 0 spiro atoms. The topological polar surface area (TPSA) is 74.0 Å². The molecule has 3 aromatic heterocycles. The Bertz CT molecular complexity index is 909. The first-order chi connectivity index (χ1) is 12.6. The normalized spacial score (nSPS) is 17.1. The van der Waals surface area contributed by atoms with Gasteiger partial charge >= 0.3 is 0 Å². The molecule has 0 bridgehead atoms. The second-order valence-electron chi connectivity index (χ2n) is 6.33. The summed E-state index contributed by atoms with van der Waals surface area (Å²) in [7, 11) is 0. The first-order valence-electron chi connectivity index (χ1n) is 8.68. The van der Waals surface area contributed by atoms with Crippen molar-refractivity contribution in [3.8, 4) is 5.88 Å². The number of rotatable bonds is 4. The van der Waals surface area contributed by atoms with Crippen molar-refractivity contribution in [2.75, 3.05) is 26.2 Å². The fourth-order valence-electron chi connectivity index (χ4n) is 3.34. The van der Waals surface area contributed by atoms with Crippen molar-refractivity contribution in [3.05, 3.63) is 33.1 Å². The van der Waals surface area contributed by atoms with Gasteiger partial charge in [-0.1, -0.05) is 24.3 Å². The number of thiophene rings is 1. The summed E-state index contributed by atoms with van der Waals surface area (Å²) in [6, 6.07) is 4.09. The second kappa shape index (κ2) is 6.98. The van der Waals surface area contributed by atoms with Crippen LogP contribution in [0.15, 0.2) is 17.5 Å². The Morgan fingerprint density at radius 3 is 2.69 bits per heavy atom. The maximum atomic E-state index is 11.6. The molecule has 138 valence electrons. The summed E-state index contributed by atoms with van der Waals surface area (Å²) in [4.78, 5) is 23.1. The Hall–Kier alpha value is -1.97. The van der Waals surface area contributed by atoms with Crippen LogP contribution >= 0.6 is 22.7 Å². The van der Waals surface area contributed by atoms with E-state index in [1.807, 2.05) is 17.9 Å². The quantitative estimate of drug-likeness (QED) is 0.739. The van der Waals surface area contributed by atoms with Crippen molar-refractivity contribution >= 4 is 33.5 Å². The molecule has 1 amide bonds. The zero-order chi connectivity index (χ0) is 18.3. The highest BCUT2D eigenvalue weighted by Crippen LogP contribution is 2.41. The number of nitrogens with zero attached hydrogens (tertiary/aromatic N) is 5. The molecule has 1 N–H and O–H groups in total. The Balaban J connectivity index is 1.70. The molecule has 4 heterocycles. The van der Waals surface area contributed by atoms with Gasteiger partial charge in [0.1, 0.15) is 0 Å². The maximum absolute atomic E-state index is 11.6. The van der Waals surface area contributed by atoms with Crippen molar-refractivity contribution in [2.24, 2.45) is 0 Å². The van der Waals surface area contributed by atoms with Gasteiger partial charge in [0.25, 0.3) is 0 Å². The van der Waals surface area contributed by atoms with Crippen LogP contribution in [0.4, 0.5) is 0 Å². The molecule has 4 rings (SSSR count). The molecule has 0 unspecified atom stereocenters. The lowest BCUT2D eigenvalue weighted by molar-refractivity contribution is -0.130. The van der Waals surface area contributed by atoms with E-state index < -0.39 is 0 Å². The molecule has 9 heteroatoms. The fourth-order valence-corrected chi connectivity index (χ4v) is 5.40. The molecule has 0 aromatic carbocycles. The van der Waals surface area contributed by atoms with Crippen LogP contribution < -0.4 is 0 Å². The summed E-state index contributed by atoms with van der Waals surface area (Å²) in [6.45, 7) is 6.58. The average molecular weight is 392 g/mol. The van der Waals surface area contributed by atoms with E-state index in [0.717, 1.165) is 35.2 Å². The molecule has 3 aromatic rings. The van der Waals surface area contributed by atoms with E-state index >= 15 is 0 Å². The molecule has 1 saturated heterocycles. The van der Waals surface area contributed by atoms with Gasteiger partial charge in [-0.3, -0.25) is 9.69 Å². The van der Waals surface area contributed by atoms with Crippen LogP contribution in [0.3, 0.4) is 0 Å². The minimum atomic E-state index is -0.0392. The number of hydrogen-bond acceptors (Lipinski definition) is 7. The average Bonchev–Trinajstić information content (AvgIpc) is 3.35. The van der Waals surface area contributed by atoms with Gasteiger partial charge in [0.05, 0.1) is 10.9 Å². The van der Waals surface area contributed by atoms with Gasteiger partial charge in [-0.05, 0) is 11.4 Å². The van der Waals surface area contributed by atoms with Crippen molar-refractivity contribution in [3.63, 3.8) is 0 Å². The van der Waals surface area contributed by atoms with E-state index in [9.17, 15) is 9.90 Å². The van der Waals surface area contributed by atoms with Crippen LogP contribution in [0, 0.1) is 0 Å². The van der Waals surface area contributed by atoms with Gasteiger partial charge in [-0.15, -0.1) is 16.4 Å². The third kappa shape index (κ3) is 3.00. The predicted molar refractivity (Wildman–Crippen MR) is 102 cm³/mol. The number of hydrogen-bond donors (Lipinski definition) is 1. The van der Waals surface area contributed by atoms with Crippen LogP contribution in [0.2, 0.25) is 0 Å². The number of aromatic hydroxyl groups is 1. The molecule has 1 aliphatic rings. The standard InChI is InChI=1S/C17H21N5O2S2/c1-3-13-18-17-22(19-13)16(24)15(26-17)14(12-5-4-10-25-12)21-8-6-20(7-9-21)11(2)23/h4-5,10,14,24H,3,6-9H2,1-2H3/t14-/m0/s1. The van der Waals surface area contributed by atoms with E-state index in [1.54, 1.807) is 22.8 Å². The Kier molecular flexibility index (Phi) is 4.68. The molecular formula is C17H21N5O2S2. The highest BCUT2D eigenvalue weighted by Gasteiger charge is 2.32. The molecule has 1 atom stereocenters. The molecule has 1 fully saturated rings. The van der Waals surface area contributed by atoms with Crippen molar-refractivity contribution in [1.82, 2.24) is 24.4 Å². The summed E-state index contributed by atoms with van der Waals surface area (Å²) in [5, 5.41) is 17.3. The third-order valence-electron chi connectivity index (χ3n) is 4.75. The van der Waals surface area contributed by atoms with Crippen LogP contribution in [-0.2, 0) is 11.2 Å². The summed E-state index contributed by atoms with van der Waals surface area (Å²) in [6.07, 6.45) is 0.741. The maximum Gasteiger partial charge on any atom is 0.230 e. The molecule has 0 saturated carbocycles. The minimum absolute atomic E-state index is 0.0392. The van der Waals surface area contributed by atoms with E-state index in [-0.39, 0.29) is 17.8 Å². The molecule has 7 nitrogen and oxygen atoms in total. The zero-order valence-electron chi connectivity index (χ0n) is 14.8. The number of aryl methyl sites for hydroxylation is 1. The van der Waals surface area contributed by atoms with Crippen molar-refractivity contribution < 1.29 is 9.90 Å². The van der Waals surface area contributed by atoms with Crippen molar-refractivity contribution in [1.29, 1.82) is 0 Å². The molecular weight excluding hydrogens is 370 g/mol. The SMILES string of the molecule is CCc1nc2sc([C@H](c3cccs3)N3CCN(C(C)=O)CC3)c(O)n2n1.